The molecule has 1 aliphatic rings. The number of para-hydroxylation sites is 1. The molecule has 0 aromatic heterocycles. The molecule has 0 saturated carbocycles. The third-order valence-corrected chi connectivity index (χ3v) is 2.84. The van der Waals surface area contributed by atoms with Crippen molar-refractivity contribution >= 4 is 17.2 Å². The number of anilines is 1. The van der Waals surface area contributed by atoms with Gasteiger partial charge in [-0.15, -0.1) is 0 Å². The summed E-state index contributed by atoms with van der Waals surface area (Å²) in [6.45, 7) is 6.95. The van der Waals surface area contributed by atoms with Crippen LogP contribution in [0.4, 0.5) is 5.69 Å². The molecular weight excluding hydrogens is 240 g/mol. The Morgan fingerprint density at radius 2 is 2.32 bits per heavy atom. The van der Waals surface area contributed by atoms with Crippen LogP contribution in [0.1, 0.15) is 19.4 Å². The first kappa shape index (κ1) is 13.4. The zero-order valence-corrected chi connectivity index (χ0v) is 11.4. The van der Waals surface area contributed by atoms with E-state index in [4.69, 9.17) is 4.84 Å². The third-order valence-electron chi connectivity index (χ3n) is 2.84. The van der Waals surface area contributed by atoms with Gasteiger partial charge in [0.1, 0.15) is 12.4 Å². The zero-order valence-electron chi connectivity index (χ0n) is 11.4. The maximum Gasteiger partial charge on any atom is 0.116 e. The largest absolute Gasteiger partial charge is 0.396 e. The maximum atomic E-state index is 5.11. The van der Waals surface area contributed by atoms with E-state index in [2.05, 4.69) is 20.8 Å². The van der Waals surface area contributed by atoms with Crippen LogP contribution in [0.15, 0.2) is 34.4 Å². The quantitative estimate of drug-likeness (QED) is 0.606. The van der Waals surface area contributed by atoms with Crippen LogP contribution in [-0.4, -0.2) is 37.8 Å². The average Bonchev–Trinajstić information content (AvgIpc) is 2.96. The molecule has 5 nitrogen and oxygen atoms in total. The fourth-order valence-corrected chi connectivity index (χ4v) is 1.91. The topological polar surface area (TPSA) is 58.0 Å². The number of nitrogens with zero attached hydrogens (tertiary/aromatic N) is 2. The molecule has 19 heavy (non-hydrogen) atoms. The van der Waals surface area contributed by atoms with Gasteiger partial charge in [0, 0.05) is 17.8 Å². The molecule has 1 heterocycles. The zero-order chi connectivity index (χ0) is 13.5. The van der Waals surface area contributed by atoms with Crippen molar-refractivity contribution in [1.82, 2.24) is 5.32 Å². The van der Waals surface area contributed by atoms with Crippen molar-refractivity contribution in [2.24, 2.45) is 10.1 Å². The van der Waals surface area contributed by atoms with Gasteiger partial charge in [-0.05, 0) is 19.9 Å². The summed E-state index contributed by atoms with van der Waals surface area (Å²) in [6.07, 6.45) is 0. The monoisotopic (exact) mass is 260 g/mol. The minimum Gasteiger partial charge on any atom is -0.396 e. The van der Waals surface area contributed by atoms with Crippen LogP contribution in [0.25, 0.3) is 0 Å². The van der Waals surface area contributed by atoms with Crippen LogP contribution in [-0.2, 0) is 4.84 Å². The molecule has 2 rings (SSSR count). The van der Waals surface area contributed by atoms with Crippen LogP contribution >= 0.6 is 0 Å². The summed E-state index contributed by atoms with van der Waals surface area (Å²) in [7, 11) is 0. The van der Waals surface area contributed by atoms with Gasteiger partial charge in [-0.1, -0.05) is 23.4 Å². The smallest absolute Gasteiger partial charge is 0.116 e. The molecule has 1 aliphatic heterocycles. The molecular formula is C14H20N4O. The van der Waals surface area contributed by atoms with E-state index >= 15 is 0 Å². The average molecular weight is 260 g/mol. The highest BCUT2D eigenvalue weighted by Gasteiger charge is 2.08. The predicted octanol–water partition coefficient (Wildman–Crippen LogP) is 1.86. The summed E-state index contributed by atoms with van der Waals surface area (Å²) in [4.78, 5) is 9.47. The van der Waals surface area contributed by atoms with E-state index in [1.54, 1.807) is 0 Å². The fraction of sp³-hybridized carbons (Fsp3) is 0.429. The SMILES string of the molecule is CCO/N=C(\C)c1ccccc1NCC1=NCCN1. The van der Waals surface area contributed by atoms with Gasteiger partial charge in [-0.2, -0.15) is 0 Å². The molecule has 1 aromatic carbocycles. The van der Waals surface area contributed by atoms with E-state index in [0.29, 0.717) is 13.2 Å². The first-order valence-corrected chi connectivity index (χ1v) is 6.58. The number of hydrogen-bond acceptors (Lipinski definition) is 5. The number of nitrogens with one attached hydrogen (secondary N) is 2. The van der Waals surface area contributed by atoms with Crippen molar-refractivity contribution in [2.75, 3.05) is 31.6 Å². The fourth-order valence-electron chi connectivity index (χ4n) is 1.91. The van der Waals surface area contributed by atoms with Gasteiger partial charge in [-0.3, -0.25) is 4.99 Å². The van der Waals surface area contributed by atoms with Crippen molar-refractivity contribution in [1.29, 1.82) is 0 Å². The summed E-state index contributed by atoms with van der Waals surface area (Å²) < 4.78 is 0. The molecule has 0 atom stereocenters. The minimum absolute atomic E-state index is 0.577. The Hall–Kier alpha value is -2.04. The van der Waals surface area contributed by atoms with Crippen LogP contribution in [0.5, 0.6) is 0 Å². The first-order valence-electron chi connectivity index (χ1n) is 6.58. The van der Waals surface area contributed by atoms with Crippen LogP contribution in [0.2, 0.25) is 0 Å². The summed E-state index contributed by atoms with van der Waals surface area (Å²) >= 11 is 0. The van der Waals surface area contributed by atoms with Crippen molar-refractivity contribution in [3.63, 3.8) is 0 Å². The lowest BCUT2D eigenvalue weighted by molar-refractivity contribution is 0.159. The highest BCUT2D eigenvalue weighted by Crippen LogP contribution is 2.16. The lowest BCUT2D eigenvalue weighted by Gasteiger charge is -2.11. The molecule has 5 heteroatoms. The maximum absolute atomic E-state index is 5.11. The highest BCUT2D eigenvalue weighted by atomic mass is 16.6. The van der Waals surface area contributed by atoms with E-state index in [-0.39, 0.29) is 0 Å². The summed E-state index contributed by atoms with van der Waals surface area (Å²) in [5.41, 5.74) is 2.96. The van der Waals surface area contributed by atoms with Crippen molar-refractivity contribution in [3.05, 3.63) is 29.8 Å². The Bertz CT molecular complexity index is 482. The molecule has 2 N–H and O–H groups in total. The van der Waals surface area contributed by atoms with Gasteiger partial charge >= 0.3 is 0 Å². The van der Waals surface area contributed by atoms with E-state index in [9.17, 15) is 0 Å². The van der Waals surface area contributed by atoms with E-state index in [1.807, 2.05) is 38.1 Å². The number of amidine groups is 1. The predicted molar refractivity (Wildman–Crippen MR) is 79.1 cm³/mol. The number of hydrogen-bond donors (Lipinski definition) is 2. The molecule has 0 saturated heterocycles. The molecule has 102 valence electrons. The van der Waals surface area contributed by atoms with E-state index in [1.165, 1.54) is 0 Å². The molecule has 0 aliphatic carbocycles. The summed E-state index contributed by atoms with van der Waals surface area (Å²) in [5.74, 6) is 1.01. The lowest BCUT2D eigenvalue weighted by atomic mass is 10.1. The van der Waals surface area contributed by atoms with Crippen molar-refractivity contribution < 1.29 is 4.84 Å². The van der Waals surface area contributed by atoms with Crippen LogP contribution < -0.4 is 10.6 Å². The minimum atomic E-state index is 0.577. The second kappa shape index (κ2) is 6.78. The Morgan fingerprint density at radius 1 is 1.47 bits per heavy atom. The standard InChI is InChI=1S/C14H20N4O/c1-3-19-18-11(2)12-6-4-5-7-13(12)17-10-14-15-8-9-16-14/h4-7,17H,3,8-10H2,1-2H3,(H,15,16)/b18-11+. The van der Waals surface area contributed by atoms with Gasteiger partial charge in [0.15, 0.2) is 0 Å². The van der Waals surface area contributed by atoms with Crippen LogP contribution in [0.3, 0.4) is 0 Å². The molecule has 0 spiro atoms. The molecule has 0 bridgehead atoms. The Morgan fingerprint density at radius 3 is 3.05 bits per heavy atom. The lowest BCUT2D eigenvalue weighted by Crippen LogP contribution is -2.26. The molecule has 0 amide bonds. The third kappa shape index (κ3) is 3.71. The van der Waals surface area contributed by atoms with Gasteiger partial charge in [0.05, 0.1) is 18.8 Å². The summed E-state index contributed by atoms with van der Waals surface area (Å²) in [5, 5.41) is 10.7. The number of oxime groups is 1. The molecule has 1 aromatic rings. The Labute approximate surface area is 113 Å². The Balaban J connectivity index is 2.07. The summed E-state index contributed by atoms with van der Waals surface area (Å²) in [6, 6.07) is 8.07. The molecule has 0 unspecified atom stereocenters. The second-order valence-electron chi connectivity index (χ2n) is 4.25. The number of aliphatic imine (C=N–C) groups is 1. The van der Waals surface area contributed by atoms with Gasteiger partial charge in [0.2, 0.25) is 0 Å². The van der Waals surface area contributed by atoms with E-state index < -0.39 is 0 Å². The van der Waals surface area contributed by atoms with Crippen LogP contribution in [0, 0.1) is 0 Å². The Kier molecular flexibility index (Phi) is 4.78. The number of rotatable bonds is 6. The first-order chi connectivity index (χ1) is 9.31. The molecule has 0 radical (unpaired) electrons. The van der Waals surface area contributed by atoms with Gasteiger partial charge in [-0.25, -0.2) is 0 Å². The normalized spacial score (nSPS) is 14.8. The van der Waals surface area contributed by atoms with Gasteiger partial charge < -0.3 is 15.5 Å². The highest BCUT2D eigenvalue weighted by molar-refractivity contribution is 6.03. The molecule has 0 fully saturated rings. The second-order valence-corrected chi connectivity index (χ2v) is 4.25. The van der Waals surface area contributed by atoms with Crippen molar-refractivity contribution in [2.45, 2.75) is 13.8 Å². The van der Waals surface area contributed by atoms with Gasteiger partial charge in [0.25, 0.3) is 0 Å². The number of benzene rings is 1. The van der Waals surface area contributed by atoms with E-state index in [0.717, 1.165) is 35.9 Å². The van der Waals surface area contributed by atoms with Crippen molar-refractivity contribution in [3.8, 4) is 0 Å².